The van der Waals surface area contributed by atoms with Gasteiger partial charge in [0.05, 0.1) is 7.11 Å². The maximum absolute atomic E-state index is 12.4. The Labute approximate surface area is 231 Å². The van der Waals surface area contributed by atoms with Gasteiger partial charge in [0.1, 0.15) is 11.2 Å². The lowest BCUT2D eigenvalue weighted by Crippen LogP contribution is -2.49. The molecule has 2 aromatic carbocycles. The Balaban J connectivity index is 1.64. The van der Waals surface area contributed by atoms with Gasteiger partial charge in [-0.05, 0) is 69.9 Å². The van der Waals surface area contributed by atoms with Gasteiger partial charge >= 0.3 is 18.2 Å². The summed E-state index contributed by atoms with van der Waals surface area (Å²) in [6.45, 7) is 14.5. The summed E-state index contributed by atoms with van der Waals surface area (Å²) < 4.78 is 15.7. The molecule has 1 atom stereocenters. The highest BCUT2D eigenvalue weighted by atomic mass is 16.6. The molecule has 0 aliphatic carbocycles. The van der Waals surface area contributed by atoms with Gasteiger partial charge in [0.15, 0.2) is 6.04 Å². The van der Waals surface area contributed by atoms with Crippen LogP contribution in [0.25, 0.3) is 11.1 Å². The molecule has 2 aromatic rings. The maximum atomic E-state index is 12.4. The largest absolute Gasteiger partial charge is 0.467 e. The lowest BCUT2D eigenvalue weighted by molar-refractivity contribution is -0.143. The summed E-state index contributed by atoms with van der Waals surface area (Å²) in [5, 5.41) is 2.60. The highest BCUT2D eigenvalue weighted by Crippen LogP contribution is 2.25. The molecule has 1 aliphatic rings. The lowest BCUT2D eigenvalue weighted by atomic mass is 9.99. The molecule has 212 valence electrons. The first kappa shape index (κ1) is 30.0. The van der Waals surface area contributed by atoms with Crippen molar-refractivity contribution in [3.8, 4) is 11.1 Å². The Bertz CT molecular complexity index is 1140. The fourth-order valence-corrected chi connectivity index (χ4v) is 4.21. The molecule has 1 aliphatic heterocycles. The summed E-state index contributed by atoms with van der Waals surface area (Å²) in [6.07, 6.45) is -0.954. The zero-order valence-corrected chi connectivity index (χ0v) is 24.1. The molecular weight excluding hydrogens is 498 g/mol. The molecule has 0 unspecified atom stereocenters. The number of benzene rings is 2. The number of piperazine rings is 1. The smallest absolute Gasteiger partial charge is 0.410 e. The van der Waals surface area contributed by atoms with E-state index in [2.05, 4.69) is 22.3 Å². The van der Waals surface area contributed by atoms with Crippen LogP contribution in [-0.4, -0.2) is 72.4 Å². The average molecular weight is 540 g/mol. The molecule has 0 aromatic heterocycles. The van der Waals surface area contributed by atoms with E-state index in [1.807, 2.05) is 45.0 Å². The van der Waals surface area contributed by atoms with Crippen molar-refractivity contribution in [1.29, 1.82) is 0 Å². The van der Waals surface area contributed by atoms with Crippen molar-refractivity contribution < 1.29 is 28.6 Å². The molecule has 9 heteroatoms. The van der Waals surface area contributed by atoms with E-state index in [0.29, 0.717) is 18.7 Å². The Morgan fingerprint density at radius 3 is 2.03 bits per heavy atom. The normalized spacial score (nSPS) is 15.3. The molecule has 0 radical (unpaired) electrons. The number of hydrogen-bond donors (Lipinski definition) is 1. The second-order valence-corrected chi connectivity index (χ2v) is 11.7. The third-order valence-electron chi connectivity index (χ3n) is 6.03. The van der Waals surface area contributed by atoms with Crippen molar-refractivity contribution in [1.82, 2.24) is 15.1 Å². The number of methoxy groups -OCH3 is 1. The first-order chi connectivity index (χ1) is 18.2. The van der Waals surface area contributed by atoms with Crippen LogP contribution in [0.1, 0.15) is 58.7 Å². The van der Waals surface area contributed by atoms with E-state index >= 15 is 0 Å². The van der Waals surface area contributed by atoms with Gasteiger partial charge in [-0.2, -0.15) is 0 Å². The monoisotopic (exact) mass is 539 g/mol. The number of carbonyl (C=O) groups is 3. The fraction of sp³-hybridized carbons (Fsp3) is 0.500. The van der Waals surface area contributed by atoms with Crippen LogP contribution in [0.2, 0.25) is 0 Å². The third-order valence-corrected chi connectivity index (χ3v) is 6.03. The topological polar surface area (TPSA) is 97.4 Å². The number of alkyl carbamates (subject to hydrolysis) is 1. The predicted molar refractivity (Wildman–Crippen MR) is 149 cm³/mol. The Morgan fingerprint density at radius 2 is 1.46 bits per heavy atom. The first-order valence-corrected chi connectivity index (χ1v) is 13.2. The van der Waals surface area contributed by atoms with Gasteiger partial charge in [-0.25, -0.2) is 14.4 Å². The van der Waals surface area contributed by atoms with Gasteiger partial charge in [0.2, 0.25) is 0 Å². The summed E-state index contributed by atoms with van der Waals surface area (Å²) >= 11 is 0. The summed E-state index contributed by atoms with van der Waals surface area (Å²) in [5.74, 6) is -0.581. The van der Waals surface area contributed by atoms with E-state index in [0.717, 1.165) is 30.8 Å². The Morgan fingerprint density at radius 1 is 0.846 bits per heavy atom. The van der Waals surface area contributed by atoms with Crippen LogP contribution in [0.5, 0.6) is 0 Å². The number of nitrogens with zero attached hydrogens (tertiary/aromatic N) is 2. The summed E-state index contributed by atoms with van der Waals surface area (Å²) in [4.78, 5) is 41.1. The third kappa shape index (κ3) is 9.28. The minimum Gasteiger partial charge on any atom is -0.467 e. The van der Waals surface area contributed by atoms with Gasteiger partial charge in [-0.15, -0.1) is 0 Å². The van der Waals surface area contributed by atoms with Gasteiger partial charge < -0.3 is 24.4 Å². The molecule has 0 spiro atoms. The van der Waals surface area contributed by atoms with Crippen molar-refractivity contribution >= 4 is 18.2 Å². The fourth-order valence-electron chi connectivity index (χ4n) is 4.21. The van der Waals surface area contributed by atoms with Crippen LogP contribution in [0.3, 0.4) is 0 Å². The highest BCUT2D eigenvalue weighted by molar-refractivity contribution is 5.83. The summed E-state index contributed by atoms with van der Waals surface area (Å²) in [6, 6.07) is 14.8. The number of rotatable bonds is 6. The van der Waals surface area contributed by atoms with Crippen molar-refractivity contribution in [3.63, 3.8) is 0 Å². The van der Waals surface area contributed by atoms with E-state index in [1.165, 1.54) is 12.7 Å². The molecule has 1 N–H and O–H groups in total. The van der Waals surface area contributed by atoms with Gasteiger partial charge in [0.25, 0.3) is 0 Å². The van der Waals surface area contributed by atoms with Crippen LogP contribution in [0, 0.1) is 0 Å². The zero-order valence-electron chi connectivity index (χ0n) is 24.1. The molecule has 9 nitrogen and oxygen atoms in total. The Kier molecular flexibility index (Phi) is 9.61. The van der Waals surface area contributed by atoms with Crippen molar-refractivity contribution in [2.24, 2.45) is 0 Å². The average Bonchev–Trinajstić information content (AvgIpc) is 2.85. The van der Waals surface area contributed by atoms with E-state index in [4.69, 9.17) is 14.2 Å². The van der Waals surface area contributed by atoms with E-state index in [1.54, 1.807) is 37.8 Å². The number of nitrogens with one attached hydrogen (secondary N) is 1. The van der Waals surface area contributed by atoms with E-state index in [9.17, 15) is 14.4 Å². The molecule has 1 saturated heterocycles. The molecule has 0 bridgehead atoms. The van der Waals surface area contributed by atoms with Crippen molar-refractivity contribution in [2.75, 3.05) is 33.3 Å². The van der Waals surface area contributed by atoms with Crippen LogP contribution in [0.4, 0.5) is 9.59 Å². The Hall–Kier alpha value is -3.59. The van der Waals surface area contributed by atoms with Gasteiger partial charge in [-0.3, -0.25) is 4.90 Å². The second-order valence-electron chi connectivity index (χ2n) is 11.7. The molecule has 2 amide bonds. The minimum absolute atomic E-state index is 0.261. The number of carbonyl (C=O) groups excluding carboxylic acids is 3. The minimum atomic E-state index is -0.982. The molecule has 1 heterocycles. The number of amides is 2. The molecular formula is C30H41N3O6. The molecule has 1 fully saturated rings. The lowest BCUT2D eigenvalue weighted by Gasteiger charge is -2.35. The van der Waals surface area contributed by atoms with Gasteiger partial charge in [-0.1, -0.05) is 42.5 Å². The second kappa shape index (κ2) is 12.5. The van der Waals surface area contributed by atoms with Crippen LogP contribution in [0.15, 0.2) is 48.5 Å². The van der Waals surface area contributed by atoms with Crippen LogP contribution >= 0.6 is 0 Å². The zero-order chi connectivity index (χ0) is 28.8. The van der Waals surface area contributed by atoms with Gasteiger partial charge in [0, 0.05) is 32.7 Å². The SMILES string of the molecule is COC(=O)[C@H](NC(=O)OC(C)(C)C)c1ccc(-c2cccc(CN3CCN(C(=O)OC(C)(C)C)CC3)c2)cc1. The standard InChI is InChI=1S/C30H41N3O6/c1-29(2,3)38-27(35)31-25(26(34)37-7)23-13-11-22(12-14-23)24-10-8-9-21(19-24)20-32-15-17-33(18-16-32)28(36)39-30(4,5)6/h8-14,19,25H,15-18,20H2,1-7H3,(H,31,35)/t25-/m1/s1. The quantitative estimate of drug-likeness (QED) is 0.401. The predicted octanol–water partition coefficient (Wildman–Crippen LogP) is 5.15. The van der Waals surface area contributed by atoms with Crippen LogP contribution < -0.4 is 5.32 Å². The van der Waals surface area contributed by atoms with Crippen molar-refractivity contribution in [2.45, 2.75) is 65.3 Å². The molecule has 3 rings (SSSR count). The maximum Gasteiger partial charge on any atom is 0.410 e. The highest BCUT2D eigenvalue weighted by Gasteiger charge is 2.27. The van der Waals surface area contributed by atoms with E-state index in [-0.39, 0.29) is 6.09 Å². The van der Waals surface area contributed by atoms with Crippen molar-refractivity contribution in [3.05, 3.63) is 59.7 Å². The number of ether oxygens (including phenoxy) is 3. The molecule has 39 heavy (non-hydrogen) atoms. The summed E-state index contributed by atoms with van der Waals surface area (Å²) in [7, 11) is 1.28. The number of hydrogen-bond acceptors (Lipinski definition) is 7. The van der Waals surface area contributed by atoms with Crippen LogP contribution in [-0.2, 0) is 25.5 Å². The number of esters is 1. The van der Waals surface area contributed by atoms with E-state index < -0.39 is 29.3 Å². The first-order valence-electron chi connectivity index (χ1n) is 13.2. The summed E-state index contributed by atoms with van der Waals surface area (Å²) in [5.41, 5.74) is 2.60. The molecule has 0 saturated carbocycles.